The molecule has 0 aliphatic carbocycles. The number of rotatable bonds is 4. The maximum Gasteiger partial charge on any atom is 0.410 e. The van der Waals surface area contributed by atoms with Gasteiger partial charge in [-0.2, -0.15) is 0 Å². The third kappa shape index (κ3) is 5.47. The highest BCUT2D eigenvalue weighted by atomic mass is 16.6. The molecule has 1 aromatic rings. The van der Waals surface area contributed by atoms with Crippen LogP contribution in [0, 0.1) is 0 Å². The molecule has 1 aliphatic heterocycles. The summed E-state index contributed by atoms with van der Waals surface area (Å²) in [6, 6.07) is 9.87. The van der Waals surface area contributed by atoms with E-state index in [1.54, 1.807) is 4.90 Å². The van der Waals surface area contributed by atoms with Crippen LogP contribution in [0.4, 0.5) is 10.5 Å². The Labute approximate surface area is 137 Å². The lowest BCUT2D eigenvalue weighted by molar-refractivity contribution is -0.135. The maximum absolute atomic E-state index is 12.2. The highest BCUT2D eigenvalue weighted by molar-refractivity contribution is 5.83. The summed E-state index contributed by atoms with van der Waals surface area (Å²) in [5, 5.41) is 3.28. The summed E-state index contributed by atoms with van der Waals surface area (Å²) in [6.07, 6.45) is -0.423. The molecule has 6 nitrogen and oxygen atoms in total. The number of hydrogen-bond acceptors (Lipinski definition) is 4. The molecule has 0 unspecified atom stereocenters. The lowest BCUT2D eigenvalue weighted by atomic mass is 10.2. The summed E-state index contributed by atoms with van der Waals surface area (Å²) in [5.41, 5.74) is 0.490. The van der Waals surface area contributed by atoms with Crippen LogP contribution in [0.25, 0.3) is 0 Å². The number of amides is 2. The SMILES string of the molecule is CC(C)(C)OC(=O)N1CCN(CCNc2ccccc2)C(=O)C1. The first kappa shape index (κ1) is 17.1. The molecule has 1 aliphatic rings. The van der Waals surface area contributed by atoms with E-state index < -0.39 is 11.7 Å². The molecule has 0 radical (unpaired) electrons. The lowest BCUT2D eigenvalue weighted by Crippen LogP contribution is -2.54. The summed E-state index contributed by atoms with van der Waals surface area (Å²) >= 11 is 0. The highest BCUT2D eigenvalue weighted by Gasteiger charge is 2.29. The van der Waals surface area contributed by atoms with E-state index in [4.69, 9.17) is 4.74 Å². The number of hydrogen-bond donors (Lipinski definition) is 1. The minimum absolute atomic E-state index is 0.0445. The first-order valence-electron chi connectivity index (χ1n) is 7.90. The third-order valence-electron chi connectivity index (χ3n) is 3.45. The summed E-state index contributed by atoms with van der Waals surface area (Å²) in [6.45, 7) is 7.88. The normalized spacial score (nSPS) is 15.5. The largest absolute Gasteiger partial charge is 0.444 e. The van der Waals surface area contributed by atoms with Crippen molar-refractivity contribution in [1.82, 2.24) is 9.80 Å². The summed E-state index contributed by atoms with van der Waals surface area (Å²) in [4.78, 5) is 27.4. The molecule has 23 heavy (non-hydrogen) atoms. The van der Waals surface area contributed by atoms with Gasteiger partial charge in [0.1, 0.15) is 12.1 Å². The molecule has 0 aromatic heterocycles. The second-order valence-corrected chi connectivity index (χ2v) is 6.58. The van der Waals surface area contributed by atoms with Gasteiger partial charge < -0.3 is 15.0 Å². The minimum Gasteiger partial charge on any atom is -0.444 e. The van der Waals surface area contributed by atoms with Crippen molar-refractivity contribution in [2.45, 2.75) is 26.4 Å². The van der Waals surface area contributed by atoms with E-state index in [2.05, 4.69) is 5.32 Å². The monoisotopic (exact) mass is 319 g/mol. The number of carbonyl (C=O) groups excluding carboxylic acids is 2. The predicted molar refractivity (Wildman–Crippen MR) is 89.3 cm³/mol. The molecular weight excluding hydrogens is 294 g/mol. The van der Waals surface area contributed by atoms with Gasteiger partial charge in [-0.25, -0.2) is 4.79 Å². The molecule has 0 bridgehead atoms. The maximum atomic E-state index is 12.2. The summed E-state index contributed by atoms with van der Waals surface area (Å²) in [5.74, 6) is -0.0445. The van der Waals surface area contributed by atoms with E-state index in [9.17, 15) is 9.59 Å². The first-order valence-corrected chi connectivity index (χ1v) is 7.90. The van der Waals surface area contributed by atoms with Gasteiger partial charge >= 0.3 is 6.09 Å². The fourth-order valence-corrected chi connectivity index (χ4v) is 2.32. The quantitative estimate of drug-likeness (QED) is 0.924. The fraction of sp³-hybridized carbons (Fsp3) is 0.529. The zero-order valence-electron chi connectivity index (χ0n) is 14.0. The first-order chi connectivity index (χ1) is 10.8. The molecule has 2 amide bonds. The van der Waals surface area contributed by atoms with Crippen molar-refractivity contribution in [1.29, 1.82) is 0 Å². The average Bonchev–Trinajstić information content (AvgIpc) is 2.48. The molecule has 1 saturated heterocycles. The highest BCUT2D eigenvalue weighted by Crippen LogP contribution is 2.12. The molecule has 6 heteroatoms. The number of nitrogens with zero attached hydrogens (tertiary/aromatic N) is 2. The van der Waals surface area contributed by atoms with Gasteiger partial charge in [0, 0.05) is 31.9 Å². The number of para-hydroxylation sites is 1. The smallest absolute Gasteiger partial charge is 0.410 e. The zero-order valence-corrected chi connectivity index (χ0v) is 14.0. The van der Waals surface area contributed by atoms with E-state index in [0.29, 0.717) is 26.2 Å². The molecular formula is C17H25N3O3. The van der Waals surface area contributed by atoms with E-state index in [1.165, 1.54) is 4.90 Å². The summed E-state index contributed by atoms with van der Waals surface area (Å²) in [7, 11) is 0. The van der Waals surface area contributed by atoms with Crippen LogP contribution in [0.5, 0.6) is 0 Å². The van der Waals surface area contributed by atoms with Gasteiger partial charge in [-0.05, 0) is 32.9 Å². The second-order valence-electron chi connectivity index (χ2n) is 6.58. The van der Waals surface area contributed by atoms with E-state index >= 15 is 0 Å². The van der Waals surface area contributed by atoms with Crippen molar-refractivity contribution in [3.05, 3.63) is 30.3 Å². The molecule has 0 atom stereocenters. The predicted octanol–water partition coefficient (Wildman–Crippen LogP) is 2.18. The van der Waals surface area contributed by atoms with Crippen molar-refractivity contribution >= 4 is 17.7 Å². The standard InChI is InChI=1S/C17H25N3O3/c1-17(2,3)23-16(22)20-12-11-19(15(21)13-20)10-9-18-14-7-5-4-6-8-14/h4-8,18H,9-13H2,1-3H3. The van der Waals surface area contributed by atoms with Crippen LogP contribution in [0.2, 0.25) is 0 Å². The Balaban J connectivity index is 1.76. The van der Waals surface area contributed by atoms with Gasteiger partial charge in [-0.15, -0.1) is 0 Å². The van der Waals surface area contributed by atoms with E-state index in [0.717, 1.165) is 5.69 Å². The van der Waals surface area contributed by atoms with Crippen molar-refractivity contribution < 1.29 is 14.3 Å². The molecule has 1 fully saturated rings. The second kappa shape index (κ2) is 7.35. The van der Waals surface area contributed by atoms with Crippen LogP contribution in [-0.4, -0.2) is 60.1 Å². The Morgan fingerprint density at radius 3 is 2.52 bits per heavy atom. The van der Waals surface area contributed by atoms with Crippen LogP contribution in [0.15, 0.2) is 30.3 Å². The Kier molecular flexibility index (Phi) is 5.47. The molecule has 1 N–H and O–H groups in total. The number of ether oxygens (including phenoxy) is 1. The van der Waals surface area contributed by atoms with E-state index in [-0.39, 0.29) is 12.5 Å². The number of anilines is 1. The molecule has 0 saturated carbocycles. The molecule has 0 spiro atoms. The molecule has 2 rings (SSSR count). The number of benzene rings is 1. The van der Waals surface area contributed by atoms with Crippen molar-refractivity contribution in [3.8, 4) is 0 Å². The third-order valence-corrected chi connectivity index (χ3v) is 3.45. The van der Waals surface area contributed by atoms with Crippen molar-refractivity contribution in [2.75, 3.05) is 38.0 Å². The molecule has 126 valence electrons. The van der Waals surface area contributed by atoms with Crippen molar-refractivity contribution in [3.63, 3.8) is 0 Å². The number of nitrogens with one attached hydrogen (secondary N) is 1. The number of piperazine rings is 1. The Morgan fingerprint density at radius 2 is 1.91 bits per heavy atom. The summed E-state index contributed by atoms with van der Waals surface area (Å²) < 4.78 is 5.30. The molecule has 1 heterocycles. The zero-order chi connectivity index (χ0) is 16.9. The van der Waals surface area contributed by atoms with Gasteiger partial charge in [0.05, 0.1) is 0 Å². The van der Waals surface area contributed by atoms with Crippen molar-refractivity contribution in [2.24, 2.45) is 0 Å². The van der Waals surface area contributed by atoms with Gasteiger partial charge in [0.15, 0.2) is 0 Å². The molecule has 1 aromatic carbocycles. The van der Waals surface area contributed by atoms with Gasteiger partial charge in [0.2, 0.25) is 5.91 Å². The average molecular weight is 319 g/mol. The van der Waals surface area contributed by atoms with Crippen LogP contribution in [0.1, 0.15) is 20.8 Å². The van der Waals surface area contributed by atoms with Gasteiger partial charge in [-0.1, -0.05) is 18.2 Å². The Morgan fingerprint density at radius 1 is 1.22 bits per heavy atom. The fourth-order valence-electron chi connectivity index (χ4n) is 2.32. The minimum atomic E-state index is -0.545. The van der Waals surface area contributed by atoms with Crippen LogP contribution >= 0.6 is 0 Å². The topological polar surface area (TPSA) is 61.9 Å². The Hall–Kier alpha value is -2.24. The van der Waals surface area contributed by atoms with Gasteiger partial charge in [-0.3, -0.25) is 9.69 Å². The Bertz CT molecular complexity index is 540. The van der Waals surface area contributed by atoms with Crippen LogP contribution in [0.3, 0.4) is 0 Å². The van der Waals surface area contributed by atoms with Crippen LogP contribution < -0.4 is 5.32 Å². The van der Waals surface area contributed by atoms with Gasteiger partial charge in [0.25, 0.3) is 0 Å². The number of carbonyl (C=O) groups is 2. The van der Waals surface area contributed by atoms with E-state index in [1.807, 2.05) is 51.1 Å². The van der Waals surface area contributed by atoms with Crippen LogP contribution in [-0.2, 0) is 9.53 Å². The lowest BCUT2D eigenvalue weighted by Gasteiger charge is -2.35.